The zero-order valence-electron chi connectivity index (χ0n) is 21.9. The molecule has 2 aromatic carbocycles. The molecule has 0 atom stereocenters. The first-order chi connectivity index (χ1) is 18.7. The smallest absolute Gasteiger partial charge is 0.417 e. The van der Waals surface area contributed by atoms with Crippen LogP contribution in [0.15, 0.2) is 40.7 Å². The molecule has 0 amide bonds. The van der Waals surface area contributed by atoms with Crippen molar-refractivity contribution >= 4 is 33.0 Å². The van der Waals surface area contributed by atoms with Gasteiger partial charge in [-0.2, -0.15) is 21.6 Å². The van der Waals surface area contributed by atoms with Gasteiger partial charge in [0.15, 0.2) is 5.03 Å². The molecule has 2 N–H and O–H groups in total. The summed E-state index contributed by atoms with van der Waals surface area (Å²) in [7, 11) is -3.36. The molecule has 0 saturated heterocycles. The van der Waals surface area contributed by atoms with Crippen LogP contribution in [0.1, 0.15) is 66.9 Å². The van der Waals surface area contributed by atoms with Crippen molar-refractivity contribution in [1.29, 1.82) is 0 Å². The number of ether oxygens (including phenoxy) is 1. The number of halogens is 4. The summed E-state index contributed by atoms with van der Waals surface area (Å²) in [5, 5.41) is 9.42. The second-order valence-electron chi connectivity index (χ2n) is 10.1. The van der Waals surface area contributed by atoms with Crippen molar-refractivity contribution in [2.24, 2.45) is 11.8 Å². The molecule has 0 radical (unpaired) electrons. The van der Waals surface area contributed by atoms with E-state index in [4.69, 9.17) is 9.84 Å². The van der Waals surface area contributed by atoms with Crippen molar-refractivity contribution in [3.8, 4) is 16.3 Å². The molecule has 1 aliphatic rings. The highest BCUT2D eigenvalue weighted by Crippen LogP contribution is 2.44. The molecule has 13 heteroatoms. The molecule has 7 nitrogen and oxygen atoms in total. The van der Waals surface area contributed by atoms with Gasteiger partial charge in [0.2, 0.25) is 0 Å². The van der Waals surface area contributed by atoms with Gasteiger partial charge in [0.25, 0.3) is 10.0 Å². The molecule has 0 bridgehead atoms. The van der Waals surface area contributed by atoms with Gasteiger partial charge < -0.3 is 9.84 Å². The van der Waals surface area contributed by atoms with Crippen LogP contribution in [0.5, 0.6) is 5.75 Å². The number of hydrogen-bond donors (Lipinski definition) is 2. The predicted octanol–water partition coefficient (Wildman–Crippen LogP) is 7.41. The van der Waals surface area contributed by atoms with Crippen molar-refractivity contribution in [3.05, 3.63) is 58.2 Å². The standard InChI is InChI=1S/C27H28F4N2O5S2/c1-14(2)15-4-6-16(7-5-15)17-8-9-18(20(10-17)27(29,30)31)25-32-24(13-39-25)40(36,37)33-22-12-21(28)19(26(34)35)11-23(22)38-3/h8-16,33H,4-7H2,1-3H3,(H,34,35)/t15-,16+. The Morgan fingerprint density at radius 2 is 1.82 bits per heavy atom. The maximum atomic E-state index is 14.2. The summed E-state index contributed by atoms with van der Waals surface area (Å²) in [6.45, 7) is 4.31. The Balaban J connectivity index is 1.63. The van der Waals surface area contributed by atoms with E-state index in [1.807, 2.05) is 0 Å². The number of anilines is 1. The number of hydrogen-bond acceptors (Lipinski definition) is 6. The summed E-state index contributed by atoms with van der Waals surface area (Å²) in [6.07, 6.45) is -1.16. The van der Waals surface area contributed by atoms with Crippen LogP contribution in [0, 0.1) is 17.7 Å². The van der Waals surface area contributed by atoms with Gasteiger partial charge in [0.05, 0.1) is 23.9 Å². The van der Waals surface area contributed by atoms with Crippen molar-refractivity contribution in [2.75, 3.05) is 11.8 Å². The van der Waals surface area contributed by atoms with Gasteiger partial charge >= 0.3 is 12.1 Å². The number of alkyl halides is 3. The molecule has 1 fully saturated rings. The van der Waals surface area contributed by atoms with Crippen LogP contribution in [0.4, 0.5) is 23.2 Å². The van der Waals surface area contributed by atoms with E-state index in [-0.39, 0.29) is 22.2 Å². The Morgan fingerprint density at radius 3 is 2.40 bits per heavy atom. The Hall–Kier alpha value is -3.19. The SMILES string of the molecule is COc1cc(C(=O)O)c(F)cc1NS(=O)(=O)c1csc(-c2ccc([C@H]3CC[C@@H](C(C)C)CC3)cc2C(F)(F)F)n1. The summed E-state index contributed by atoms with van der Waals surface area (Å²) < 4.78 is 89.6. The largest absolute Gasteiger partial charge is 0.495 e. The highest BCUT2D eigenvalue weighted by molar-refractivity contribution is 7.92. The van der Waals surface area contributed by atoms with E-state index in [2.05, 4.69) is 23.6 Å². The minimum Gasteiger partial charge on any atom is -0.495 e. The summed E-state index contributed by atoms with van der Waals surface area (Å²) in [5.74, 6) is -1.95. The monoisotopic (exact) mass is 600 g/mol. The number of benzene rings is 2. The van der Waals surface area contributed by atoms with E-state index in [1.54, 1.807) is 6.07 Å². The van der Waals surface area contributed by atoms with Gasteiger partial charge in [-0.05, 0) is 61.1 Å². The Labute approximate surface area is 233 Å². The Bertz CT molecular complexity index is 1510. The lowest BCUT2D eigenvalue weighted by molar-refractivity contribution is -0.137. The summed E-state index contributed by atoms with van der Waals surface area (Å²) in [6, 6.07) is 5.58. The highest BCUT2D eigenvalue weighted by Gasteiger charge is 2.36. The van der Waals surface area contributed by atoms with Gasteiger partial charge in [-0.25, -0.2) is 14.2 Å². The van der Waals surface area contributed by atoms with E-state index in [0.717, 1.165) is 61.6 Å². The molecule has 216 valence electrons. The number of rotatable bonds is 8. The molecule has 4 rings (SSSR count). The van der Waals surface area contributed by atoms with Gasteiger partial charge in [0, 0.05) is 17.0 Å². The molecule has 1 aliphatic carbocycles. The topological polar surface area (TPSA) is 106 Å². The molecule has 1 aromatic heterocycles. The lowest BCUT2D eigenvalue weighted by Crippen LogP contribution is -2.18. The molecule has 1 saturated carbocycles. The minimum atomic E-state index is -4.69. The van der Waals surface area contributed by atoms with Gasteiger partial charge in [-0.1, -0.05) is 26.0 Å². The predicted molar refractivity (Wildman–Crippen MR) is 143 cm³/mol. The second kappa shape index (κ2) is 11.4. The van der Waals surface area contributed by atoms with Crippen molar-refractivity contribution < 1.29 is 40.6 Å². The van der Waals surface area contributed by atoms with E-state index in [1.165, 1.54) is 6.07 Å². The zero-order valence-corrected chi connectivity index (χ0v) is 23.5. The Kier molecular flexibility index (Phi) is 8.46. The normalized spacial score (nSPS) is 18.1. The first kappa shape index (κ1) is 29.8. The number of methoxy groups -OCH3 is 1. The molecular formula is C27H28F4N2O5S2. The second-order valence-corrected chi connectivity index (χ2v) is 12.6. The molecular weight excluding hydrogens is 572 g/mol. The van der Waals surface area contributed by atoms with Crippen LogP contribution < -0.4 is 9.46 Å². The summed E-state index contributed by atoms with van der Waals surface area (Å²) in [5.41, 5.74) is -1.66. The third-order valence-electron chi connectivity index (χ3n) is 7.29. The number of carboxylic acid groups (broad SMARTS) is 1. The van der Waals surface area contributed by atoms with Gasteiger partial charge in [0.1, 0.15) is 16.6 Å². The summed E-state index contributed by atoms with van der Waals surface area (Å²) in [4.78, 5) is 15.1. The summed E-state index contributed by atoms with van der Waals surface area (Å²) >= 11 is 0.721. The van der Waals surface area contributed by atoms with Crippen molar-refractivity contribution in [2.45, 2.75) is 56.7 Å². The van der Waals surface area contributed by atoms with Crippen molar-refractivity contribution in [3.63, 3.8) is 0 Å². The number of aromatic carboxylic acids is 1. The first-order valence-corrected chi connectivity index (χ1v) is 14.9. The highest BCUT2D eigenvalue weighted by atomic mass is 32.2. The number of aromatic nitrogens is 1. The quantitative estimate of drug-likeness (QED) is 0.261. The zero-order chi connectivity index (χ0) is 29.4. The number of thiazole rings is 1. The Morgan fingerprint density at radius 1 is 1.15 bits per heavy atom. The maximum Gasteiger partial charge on any atom is 0.417 e. The average Bonchev–Trinajstić information content (AvgIpc) is 3.39. The van der Waals surface area contributed by atoms with E-state index in [0.29, 0.717) is 23.5 Å². The number of sulfonamides is 1. The molecule has 1 heterocycles. The van der Waals surface area contributed by atoms with Crippen LogP contribution in [-0.4, -0.2) is 31.6 Å². The lowest BCUT2D eigenvalue weighted by atomic mass is 9.74. The van der Waals surface area contributed by atoms with Crippen LogP contribution in [0.25, 0.3) is 10.6 Å². The van der Waals surface area contributed by atoms with Crippen LogP contribution >= 0.6 is 11.3 Å². The van der Waals surface area contributed by atoms with Gasteiger partial charge in [-0.15, -0.1) is 11.3 Å². The fourth-order valence-electron chi connectivity index (χ4n) is 5.03. The van der Waals surface area contributed by atoms with E-state index in [9.17, 15) is 30.8 Å². The molecule has 0 unspecified atom stereocenters. The molecule has 40 heavy (non-hydrogen) atoms. The fourth-order valence-corrected chi connectivity index (χ4v) is 7.22. The molecule has 0 spiro atoms. The number of nitrogens with zero attached hydrogens (tertiary/aromatic N) is 1. The van der Waals surface area contributed by atoms with Crippen LogP contribution in [-0.2, 0) is 16.2 Å². The van der Waals surface area contributed by atoms with E-state index >= 15 is 0 Å². The maximum absolute atomic E-state index is 14.2. The lowest BCUT2D eigenvalue weighted by Gasteiger charge is -2.31. The minimum absolute atomic E-state index is 0.0180. The van der Waals surface area contributed by atoms with Gasteiger partial charge in [-0.3, -0.25) is 4.72 Å². The average molecular weight is 601 g/mol. The number of carbonyl (C=O) groups is 1. The molecule has 0 aliphatic heterocycles. The van der Waals surface area contributed by atoms with Crippen LogP contribution in [0.2, 0.25) is 0 Å². The number of carboxylic acids is 1. The fraction of sp³-hybridized carbons (Fsp3) is 0.407. The van der Waals surface area contributed by atoms with E-state index < -0.39 is 49.8 Å². The number of nitrogens with one attached hydrogen (secondary N) is 1. The third-order valence-corrected chi connectivity index (χ3v) is 9.56. The van der Waals surface area contributed by atoms with Crippen molar-refractivity contribution in [1.82, 2.24) is 4.98 Å². The third kappa shape index (κ3) is 6.25. The molecule has 3 aromatic rings. The first-order valence-electron chi connectivity index (χ1n) is 12.5. The van der Waals surface area contributed by atoms with Crippen LogP contribution in [0.3, 0.4) is 0 Å².